The lowest BCUT2D eigenvalue weighted by atomic mass is 10.2. The first kappa shape index (κ1) is 9.33. The van der Waals surface area contributed by atoms with E-state index in [1.165, 1.54) is 22.2 Å². The van der Waals surface area contributed by atoms with Crippen LogP contribution >= 0.6 is 0 Å². The van der Waals surface area contributed by atoms with E-state index in [0.29, 0.717) is 0 Å². The molecule has 3 heteroatoms. The minimum Gasteiger partial charge on any atom is -0.341 e. The summed E-state index contributed by atoms with van der Waals surface area (Å²) >= 11 is 0. The third-order valence-electron chi connectivity index (χ3n) is 3.15. The summed E-state index contributed by atoms with van der Waals surface area (Å²) in [5.74, 6) is 0. The Balaban J connectivity index is 2.70. The standard InChI is InChI=1S/C13H13N3/c1-8-4-6-14-10-11-13(16(3)12(8)10)9(2)5-7-15-11/h4-7H,1-3H3. The highest BCUT2D eigenvalue weighted by Gasteiger charge is 2.13. The van der Waals surface area contributed by atoms with Crippen molar-refractivity contribution < 1.29 is 0 Å². The van der Waals surface area contributed by atoms with Gasteiger partial charge < -0.3 is 4.57 Å². The summed E-state index contributed by atoms with van der Waals surface area (Å²) in [6, 6.07) is 4.08. The van der Waals surface area contributed by atoms with Gasteiger partial charge in [-0.25, -0.2) is 0 Å². The molecule has 0 amide bonds. The van der Waals surface area contributed by atoms with E-state index in [0.717, 1.165) is 11.0 Å². The fourth-order valence-electron chi connectivity index (χ4n) is 2.41. The average molecular weight is 211 g/mol. The zero-order valence-electron chi connectivity index (χ0n) is 9.65. The molecule has 16 heavy (non-hydrogen) atoms. The topological polar surface area (TPSA) is 30.7 Å². The van der Waals surface area contributed by atoms with Gasteiger partial charge in [0.1, 0.15) is 11.0 Å². The van der Waals surface area contributed by atoms with E-state index in [9.17, 15) is 0 Å². The Kier molecular flexibility index (Phi) is 1.78. The summed E-state index contributed by atoms with van der Waals surface area (Å²) in [5.41, 5.74) is 6.84. The van der Waals surface area contributed by atoms with Crippen molar-refractivity contribution in [1.82, 2.24) is 14.5 Å². The number of pyridine rings is 2. The number of rotatable bonds is 0. The number of fused-ring (bicyclic) bond motifs is 3. The second kappa shape index (κ2) is 3.04. The van der Waals surface area contributed by atoms with Crippen LogP contribution in [0.1, 0.15) is 11.1 Å². The third kappa shape index (κ3) is 1.03. The van der Waals surface area contributed by atoms with Crippen molar-refractivity contribution in [3.05, 3.63) is 35.7 Å². The van der Waals surface area contributed by atoms with Gasteiger partial charge in [0.25, 0.3) is 0 Å². The van der Waals surface area contributed by atoms with Crippen LogP contribution < -0.4 is 0 Å². The van der Waals surface area contributed by atoms with E-state index in [4.69, 9.17) is 0 Å². The van der Waals surface area contributed by atoms with Crippen molar-refractivity contribution in [2.75, 3.05) is 0 Å². The van der Waals surface area contributed by atoms with Crippen LogP contribution in [-0.2, 0) is 7.05 Å². The predicted octanol–water partition coefficient (Wildman–Crippen LogP) is 2.74. The van der Waals surface area contributed by atoms with Gasteiger partial charge in [0.2, 0.25) is 0 Å². The van der Waals surface area contributed by atoms with Crippen LogP contribution in [0.3, 0.4) is 0 Å². The number of aryl methyl sites for hydroxylation is 3. The van der Waals surface area contributed by atoms with Crippen LogP contribution in [0.25, 0.3) is 22.1 Å². The first-order valence-corrected chi connectivity index (χ1v) is 5.35. The Hall–Kier alpha value is -1.90. The molecule has 0 radical (unpaired) electrons. The number of aromatic nitrogens is 3. The van der Waals surface area contributed by atoms with E-state index < -0.39 is 0 Å². The van der Waals surface area contributed by atoms with Crippen LogP contribution in [0, 0.1) is 13.8 Å². The molecule has 0 aliphatic carbocycles. The lowest BCUT2D eigenvalue weighted by Gasteiger charge is -2.01. The minimum absolute atomic E-state index is 1.00. The molecular formula is C13H13N3. The Morgan fingerprint density at radius 2 is 1.31 bits per heavy atom. The quantitative estimate of drug-likeness (QED) is 0.572. The van der Waals surface area contributed by atoms with Gasteiger partial charge in [-0.2, -0.15) is 0 Å². The van der Waals surface area contributed by atoms with E-state index in [1.807, 2.05) is 24.5 Å². The fraction of sp³-hybridized carbons (Fsp3) is 0.231. The number of nitrogens with zero attached hydrogens (tertiary/aromatic N) is 3. The summed E-state index contributed by atoms with van der Waals surface area (Å²) in [5, 5.41) is 0. The zero-order chi connectivity index (χ0) is 11.3. The Labute approximate surface area is 93.7 Å². The molecule has 0 N–H and O–H groups in total. The van der Waals surface area contributed by atoms with Gasteiger partial charge in [0.05, 0.1) is 11.0 Å². The Morgan fingerprint density at radius 3 is 1.75 bits per heavy atom. The first-order valence-electron chi connectivity index (χ1n) is 5.35. The van der Waals surface area contributed by atoms with Gasteiger partial charge in [-0.05, 0) is 37.1 Å². The van der Waals surface area contributed by atoms with Crippen molar-refractivity contribution in [2.45, 2.75) is 13.8 Å². The second-order valence-corrected chi connectivity index (χ2v) is 4.21. The Bertz CT molecular complexity index is 636. The first-order chi connectivity index (χ1) is 7.70. The SMILES string of the molecule is Cc1ccnc2c3nccc(C)c3n(C)c12. The van der Waals surface area contributed by atoms with Crippen molar-refractivity contribution in [3.63, 3.8) is 0 Å². The molecule has 0 saturated carbocycles. The molecule has 0 unspecified atom stereocenters. The maximum atomic E-state index is 4.45. The average Bonchev–Trinajstić information content (AvgIpc) is 2.56. The molecule has 0 spiro atoms. The molecule has 0 aliphatic rings. The van der Waals surface area contributed by atoms with Crippen molar-refractivity contribution in [2.24, 2.45) is 7.05 Å². The van der Waals surface area contributed by atoms with E-state index in [-0.39, 0.29) is 0 Å². The number of hydrogen-bond donors (Lipinski definition) is 0. The molecule has 3 nitrogen and oxygen atoms in total. The normalized spacial score (nSPS) is 11.4. The number of hydrogen-bond acceptors (Lipinski definition) is 2. The molecule has 0 atom stereocenters. The molecule has 0 aliphatic heterocycles. The molecule has 3 aromatic rings. The zero-order valence-corrected chi connectivity index (χ0v) is 9.65. The van der Waals surface area contributed by atoms with Crippen LogP contribution in [0.4, 0.5) is 0 Å². The summed E-state index contributed by atoms with van der Waals surface area (Å²) in [6.07, 6.45) is 3.70. The lowest BCUT2D eigenvalue weighted by molar-refractivity contribution is 0.998. The monoisotopic (exact) mass is 211 g/mol. The van der Waals surface area contributed by atoms with Crippen LogP contribution in [0.5, 0.6) is 0 Å². The molecule has 3 rings (SSSR count). The highest BCUT2D eigenvalue weighted by atomic mass is 15.0. The van der Waals surface area contributed by atoms with Gasteiger partial charge >= 0.3 is 0 Å². The van der Waals surface area contributed by atoms with E-state index in [2.05, 4.69) is 35.4 Å². The van der Waals surface area contributed by atoms with Gasteiger partial charge in [-0.1, -0.05) is 0 Å². The van der Waals surface area contributed by atoms with E-state index >= 15 is 0 Å². The van der Waals surface area contributed by atoms with Crippen LogP contribution in [0.2, 0.25) is 0 Å². The summed E-state index contributed by atoms with van der Waals surface area (Å²) in [6.45, 7) is 4.22. The molecular weight excluding hydrogens is 198 g/mol. The molecule has 0 fully saturated rings. The highest BCUT2D eigenvalue weighted by molar-refractivity contribution is 6.05. The molecule has 3 heterocycles. The van der Waals surface area contributed by atoms with Gasteiger partial charge in [0, 0.05) is 19.4 Å². The van der Waals surface area contributed by atoms with Gasteiger partial charge in [-0.15, -0.1) is 0 Å². The largest absolute Gasteiger partial charge is 0.341 e. The van der Waals surface area contributed by atoms with Gasteiger partial charge in [0.15, 0.2) is 0 Å². The summed E-state index contributed by atoms with van der Waals surface area (Å²) < 4.78 is 2.19. The Morgan fingerprint density at radius 1 is 0.875 bits per heavy atom. The van der Waals surface area contributed by atoms with E-state index in [1.54, 1.807) is 0 Å². The molecule has 0 bridgehead atoms. The minimum atomic E-state index is 1.00. The molecule has 80 valence electrons. The summed E-state index contributed by atoms with van der Waals surface area (Å²) in [4.78, 5) is 8.90. The highest BCUT2D eigenvalue weighted by Crippen LogP contribution is 2.28. The maximum Gasteiger partial charge on any atom is 0.115 e. The maximum absolute atomic E-state index is 4.45. The van der Waals surface area contributed by atoms with Crippen LogP contribution in [-0.4, -0.2) is 14.5 Å². The summed E-state index contributed by atoms with van der Waals surface area (Å²) in [7, 11) is 2.08. The third-order valence-corrected chi connectivity index (χ3v) is 3.15. The van der Waals surface area contributed by atoms with Crippen LogP contribution in [0.15, 0.2) is 24.5 Å². The lowest BCUT2D eigenvalue weighted by Crippen LogP contribution is -1.91. The molecule has 0 aromatic carbocycles. The molecule has 3 aromatic heterocycles. The second-order valence-electron chi connectivity index (χ2n) is 4.21. The van der Waals surface area contributed by atoms with Crippen molar-refractivity contribution >= 4 is 22.1 Å². The van der Waals surface area contributed by atoms with Crippen molar-refractivity contribution in [3.8, 4) is 0 Å². The fourth-order valence-corrected chi connectivity index (χ4v) is 2.41. The smallest absolute Gasteiger partial charge is 0.115 e. The predicted molar refractivity (Wildman–Crippen MR) is 65.5 cm³/mol. The molecule has 0 saturated heterocycles. The van der Waals surface area contributed by atoms with Gasteiger partial charge in [-0.3, -0.25) is 9.97 Å². The van der Waals surface area contributed by atoms with Crippen molar-refractivity contribution in [1.29, 1.82) is 0 Å².